The van der Waals surface area contributed by atoms with E-state index in [4.69, 9.17) is 5.11 Å². The van der Waals surface area contributed by atoms with Crippen molar-refractivity contribution in [3.63, 3.8) is 0 Å². The molecule has 0 bridgehead atoms. The van der Waals surface area contributed by atoms with Crippen molar-refractivity contribution in [2.24, 2.45) is 0 Å². The average molecular weight is 110 g/mol. The van der Waals surface area contributed by atoms with Gasteiger partial charge >= 0.3 is 24.8 Å². The average Bonchev–Trinajstić information content (AvgIpc) is 1.65. The number of carboxylic acid groups (broad SMARTS) is 1. The smallest absolute Gasteiger partial charge is 1.00 e. The van der Waals surface area contributed by atoms with Gasteiger partial charge in [0.25, 0.3) is 0 Å². The summed E-state index contributed by atoms with van der Waals surface area (Å²) >= 11 is 0. The molecule has 3 nitrogen and oxygen atoms in total. The van der Waals surface area contributed by atoms with E-state index in [2.05, 4.69) is 0 Å². The van der Waals surface area contributed by atoms with Gasteiger partial charge in [-0.25, -0.2) is 4.79 Å². The third kappa shape index (κ3) is 3.91. The molecule has 0 saturated carbocycles. The molecule has 0 atom stereocenters. The quantitative estimate of drug-likeness (QED) is 0.308. The second-order valence-corrected chi connectivity index (χ2v) is 1.08. The molecule has 0 saturated heterocycles. The summed E-state index contributed by atoms with van der Waals surface area (Å²) < 4.78 is 0. The fraction of sp³-hybridized carbons (Fsp3) is 0.500. The molecule has 0 rings (SSSR count). The predicted octanol–water partition coefficient (Wildman–Crippen LogP) is -2.83. The topological polar surface area (TPSA) is 54.4 Å². The Morgan fingerprint density at radius 1 is 1.62 bits per heavy atom. The van der Waals surface area contributed by atoms with Gasteiger partial charge in [-0.2, -0.15) is 0 Å². The van der Waals surface area contributed by atoms with Crippen molar-refractivity contribution in [1.82, 2.24) is 0 Å². The molecule has 0 spiro atoms. The number of aliphatic carboxylic acids is 1. The van der Waals surface area contributed by atoms with Gasteiger partial charge < -0.3 is 6.53 Å². The Bertz CT molecular complexity index is 104. The van der Waals surface area contributed by atoms with E-state index in [1.165, 1.54) is 6.92 Å². The van der Waals surface area contributed by atoms with Crippen molar-refractivity contribution < 1.29 is 35.0 Å². The first-order valence-electron chi connectivity index (χ1n) is 1.94. The standard InChI is InChI=1S/C4H6O3.Li.H/c1-2-3(5)4(6)7;;/h2H2,1H3,(H,6,7);;/q;+1;-1. The minimum atomic E-state index is -1.34. The van der Waals surface area contributed by atoms with Gasteiger partial charge in [-0.15, -0.1) is 0 Å². The van der Waals surface area contributed by atoms with Crippen LogP contribution in [0.1, 0.15) is 14.8 Å². The summed E-state index contributed by atoms with van der Waals surface area (Å²) in [6.07, 6.45) is 0.0787. The monoisotopic (exact) mass is 110 g/mol. The van der Waals surface area contributed by atoms with Gasteiger partial charge in [-0.1, -0.05) is 6.92 Å². The van der Waals surface area contributed by atoms with E-state index in [1.807, 2.05) is 0 Å². The van der Waals surface area contributed by atoms with Gasteiger partial charge in [0.05, 0.1) is 0 Å². The molecule has 0 aliphatic rings. The van der Waals surface area contributed by atoms with Crippen molar-refractivity contribution in [2.75, 3.05) is 0 Å². The van der Waals surface area contributed by atoms with E-state index in [1.54, 1.807) is 0 Å². The molecule has 4 heteroatoms. The van der Waals surface area contributed by atoms with Crippen LogP contribution in [0.4, 0.5) is 0 Å². The minimum Gasteiger partial charge on any atom is -1.00 e. The summed E-state index contributed by atoms with van der Waals surface area (Å²) in [4.78, 5) is 19.5. The number of ketones is 1. The molecule has 0 amide bonds. The van der Waals surface area contributed by atoms with Crippen LogP contribution in [0.2, 0.25) is 0 Å². The molecule has 0 fully saturated rings. The molecule has 0 heterocycles. The van der Waals surface area contributed by atoms with Crippen molar-refractivity contribution >= 4 is 11.8 Å². The molecular weight excluding hydrogens is 103 g/mol. The van der Waals surface area contributed by atoms with Crippen molar-refractivity contribution in [2.45, 2.75) is 13.3 Å². The number of carbonyl (C=O) groups excluding carboxylic acids is 1. The number of hydrogen-bond acceptors (Lipinski definition) is 2. The fourth-order valence-corrected chi connectivity index (χ4v) is 0.151. The van der Waals surface area contributed by atoms with Crippen LogP contribution in [0.5, 0.6) is 0 Å². The predicted molar refractivity (Wildman–Crippen MR) is 24.0 cm³/mol. The molecule has 0 aromatic rings. The number of carbonyl (C=O) groups is 2. The van der Waals surface area contributed by atoms with Crippen LogP contribution in [0, 0.1) is 0 Å². The Hall–Kier alpha value is -0.263. The van der Waals surface area contributed by atoms with Gasteiger partial charge in [-0.05, 0) is 0 Å². The zero-order valence-corrected chi connectivity index (χ0v) is 4.97. The number of Topliss-reactive ketones (excluding diaryl/α,β-unsaturated/α-hetero) is 1. The summed E-state index contributed by atoms with van der Waals surface area (Å²) in [6, 6.07) is 0. The van der Waals surface area contributed by atoms with E-state index in [0.29, 0.717) is 0 Å². The van der Waals surface area contributed by atoms with Crippen molar-refractivity contribution in [3.05, 3.63) is 0 Å². The van der Waals surface area contributed by atoms with Crippen LogP contribution in [0.25, 0.3) is 0 Å². The molecule has 1 N–H and O–H groups in total. The molecule has 42 valence electrons. The second-order valence-electron chi connectivity index (χ2n) is 1.08. The normalized spacial score (nSPS) is 7.12. The maximum Gasteiger partial charge on any atom is 1.00 e. The summed E-state index contributed by atoms with van der Waals surface area (Å²) in [5.41, 5.74) is 0. The second kappa shape index (κ2) is 4.89. The van der Waals surface area contributed by atoms with Gasteiger partial charge in [0.2, 0.25) is 5.78 Å². The van der Waals surface area contributed by atoms with Crippen LogP contribution >= 0.6 is 0 Å². The van der Waals surface area contributed by atoms with E-state index < -0.39 is 11.8 Å². The first-order valence-corrected chi connectivity index (χ1v) is 1.94. The first-order chi connectivity index (χ1) is 3.18. The zero-order valence-electron chi connectivity index (χ0n) is 5.97. The summed E-state index contributed by atoms with van der Waals surface area (Å²) in [7, 11) is 0. The Morgan fingerprint density at radius 2 is 2.00 bits per heavy atom. The summed E-state index contributed by atoms with van der Waals surface area (Å²) in [6.45, 7) is 1.51. The fourth-order valence-electron chi connectivity index (χ4n) is 0.151. The maximum atomic E-state index is 9.91. The van der Waals surface area contributed by atoms with Crippen LogP contribution in [0.3, 0.4) is 0 Å². The number of rotatable bonds is 2. The Balaban J connectivity index is -0.000000180. The third-order valence-electron chi connectivity index (χ3n) is 0.560. The van der Waals surface area contributed by atoms with Gasteiger partial charge in [0, 0.05) is 6.42 Å². The van der Waals surface area contributed by atoms with Crippen LogP contribution in [-0.2, 0) is 9.59 Å². The molecule has 0 unspecified atom stereocenters. The van der Waals surface area contributed by atoms with Gasteiger partial charge in [0.15, 0.2) is 0 Å². The number of hydrogen-bond donors (Lipinski definition) is 1. The van der Waals surface area contributed by atoms with E-state index in [0.717, 1.165) is 0 Å². The molecule has 0 aliphatic carbocycles. The molecule has 0 aliphatic heterocycles. The Labute approximate surface area is 60.7 Å². The van der Waals surface area contributed by atoms with Crippen molar-refractivity contribution in [3.8, 4) is 0 Å². The number of carboxylic acids is 1. The zero-order chi connectivity index (χ0) is 5.86. The molecule has 0 aromatic heterocycles. The minimum absolute atomic E-state index is 0. The van der Waals surface area contributed by atoms with Crippen LogP contribution < -0.4 is 18.9 Å². The van der Waals surface area contributed by atoms with Gasteiger partial charge in [-0.3, -0.25) is 4.79 Å². The van der Waals surface area contributed by atoms with Crippen molar-refractivity contribution in [1.29, 1.82) is 0 Å². The third-order valence-corrected chi connectivity index (χ3v) is 0.560. The van der Waals surface area contributed by atoms with Crippen LogP contribution in [-0.4, -0.2) is 16.9 Å². The Kier molecular flexibility index (Phi) is 6.52. The van der Waals surface area contributed by atoms with Gasteiger partial charge in [0.1, 0.15) is 0 Å². The van der Waals surface area contributed by atoms with E-state index >= 15 is 0 Å². The molecule has 0 radical (unpaired) electrons. The van der Waals surface area contributed by atoms with Crippen LogP contribution in [0.15, 0.2) is 0 Å². The first kappa shape index (κ1) is 10.7. The largest absolute Gasteiger partial charge is 1.00 e. The Morgan fingerprint density at radius 3 is 2.00 bits per heavy atom. The summed E-state index contributed by atoms with van der Waals surface area (Å²) in [5, 5.41) is 7.83. The summed E-state index contributed by atoms with van der Waals surface area (Å²) in [5.74, 6) is -2.08. The van der Waals surface area contributed by atoms with E-state index in [-0.39, 0.29) is 26.7 Å². The molecule has 0 aromatic carbocycles. The molecule has 8 heavy (non-hydrogen) atoms. The maximum absolute atomic E-state index is 9.91. The van der Waals surface area contributed by atoms with E-state index in [9.17, 15) is 9.59 Å². The SMILES string of the molecule is CCC(=O)C(=O)O.[H-].[Li+]. The molecular formula is C4H7LiO3.